The first-order chi connectivity index (χ1) is 9.11. The van der Waals surface area contributed by atoms with Crippen molar-refractivity contribution in [3.05, 3.63) is 24.0 Å². The van der Waals surface area contributed by atoms with Crippen molar-refractivity contribution in [2.45, 2.75) is 0 Å². The van der Waals surface area contributed by atoms with E-state index in [2.05, 4.69) is 0 Å². The standard InChI is InChI=1S/C13H17FN2O3/c1-15(5-6-16-7-8-19-13(16)17)11-4-3-10(14)9-12(11)18-2/h3-4,9H,5-8H2,1-2H3. The molecule has 19 heavy (non-hydrogen) atoms. The Balaban J connectivity index is 1.99. The monoisotopic (exact) mass is 268 g/mol. The van der Waals surface area contributed by atoms with Crippen LogP contribution in [0.25, 0.3) is 0 Å². The molecule has 0 aliphatic carbocycles. The Morgan fingerprint density at radius 3 is 2.95 bits per heavy atom. The molecule has 0 bridgehead atoms. The van der Waals surface area contributed by atoms with Crippen LogP contribution in [0, 0.1) is 5.82 Å². The third kappa shape index (κ3) is 3.07. The van der Waals surface area contributed by atoms with Crippen molar-refractivity contribution in [1.29, 1.82) is 0 Å². The van der Waals surface area contributed by atoms with Gasteiger partial charge in [-0.25, -0.2) is 9.18 Å². The molecular weight excluding hydrogens is 251 g/mol. The molecule has 0 N–H and O–H groups in total. The number of nitrogens with zero attached hydrogens (tertiary/aromatic N) is 2. The van der Waals surface area contributed by atoms with Crippen LogP contribution < -0.4 is 9.64 Å². The highest BCUT2D eigenvalue weighted by atomic mass is 19.1. The van der Waals surface area contributed by atoms with Gasteiger partial charge in [0, 0.05) is 26.2 Å². The van der Waals surface area contributed by atoms with Gasteiger partial charge in [0.2, 0.25) is 0 Å². The van der Waals surface area contributed by atoms with Gasteiger partial charge in [-0.15, -0.1) is 0 Å². The van der Waals surface area contributed by atoms with Gasteiger partial charge in [0.15, 0.2) is 0 Å². The van der Waals surface area contributed by atoms with E-state index >= 15 is 0 Å². The van der Waals surface area contributed by atoms with E-state index in [0.717, 1.165) is 5.69 Å². The summed E-state index contributed by atoms with van der Waals surface area (Å²) in [6.07, 6.45) is -0.278. The first-order valence-corrected chi connectivity index (χ1v) is 6.08. The Kier molecular flexibility index (Phi) is 4.09. The number of halogens is 1. The van der Waals surface area contributed by atoms with Crippen molar-refractivity contribution in [3.8, 4) is 5.75 Å². The summed E-state index contributed by atoms with van der Waals surface area (Å²) in [5.41, 5.74) is 0.788. The second-order valence-electron chi connectivity index (χ2n) is 4.34. The lowest BCUT2D eigenvalue weighted by molar-refractivity contribution is 0.159. The molecule has 0 spiro atoms. The van der Waals surface area contributed by atoms with Crippen LogP contribution in [0.5, 0.6) is 5.75 Å². The molecule has 104 valence electrons. The summed E-state index contributed by atoms with van der Waals surface area (Å²) in [7, 11) is 3.38. The van der Waals surface area contributed by atoms with E-state index < -0.39 is 0 Å². The number of cyclic esters (lactones) is 1. The zero-order chi connectivity index (χ0) is 13.8. The van der Waals surface area contributed by atoms with Gasteiger partial charge in [0.05, 0.1) is 19.3 Å². The number of benzene rings is 1. The van der Waals surface area contributed by atoms with Crippen molar-refractivity contribution in [2.75, 3.05) is 45.3 Å². The number of rotatable bonds is 5. The van der Waals surface area contributed by atoms with Gasteiger partial charge in [-0.2, -0.15) is 0 Å². The fraction of sp³-hybridized carbons (Fsp3) is 0.462. The Morgan fingerprint density at radius 1 is 1.53 bits per heavy atom. The quantitative estimate of drug-likeness (QED) is 0.815. The molecule has 0 atom stereocenters. The Hall–Kier alpha value is -1.98. The number of ether oxygens (including phenoxy) is 2. The topological polar surface area (TPSA) is 42.0 Å². The molecule has 1 aromatic rings. The van der Waals surface area contributed by atoms with Crippen LogP contribution in [0.1, 0.15) is 0 Å². The third-order valence-electron chi connectivity index (χ3n) is 3.10. The van der Waals surface area contributed by atoms with Crippen molar-refractivity contribution in [2.24, 2.45) is 0 Å². The summed E-state index contributed by atoms with van der Waals surface area (Å²) in [6, 6.07) is 4.39. The third-order valence-corrected chi connectivity index (χ3v) is 3.10. The van der Waals surface area contributed by atoms with Crippen LogP contribution in [0.3, 0.4) is 0 Å². The largest absolute Gasteiger partial charge is 0.494 e. The lowest BCUT2D eigenvalue weighted by Gasteiger charge is -2.23. The second-order valence-corrected chi connectivity index (χ2v) is 4.34. The van der Waals surface area contributed by atoms with Crippen LogP contribution in [0.4, 0.5) is 14.9 Å². The molecule has 2 rings (SSSR count). The van der Waals surface area contributed by atoms with E-state index in [-0.39, 0.29) is 11.9 Å². The number of carbonyl (C=O) groups excluding carboxylic acids is 1. The molecule has 1 fully saturated rings. The van der Waals surface area contributed by atoms with E-state index in [9.17, 15) is 9.18 Å². The van der Waals surface area contributed by atoms with E-state index in [1.807, 2.05) is 11.9 Å². The first kappa shape index (κ1) is 13.5. The van der Waals surface area contributed by atoms with Crippen LogP contribution in [0.2, 0.25) is 0 Å². The molecule has 1 amide bonds. The van der Waals surface area contributed by atoms with Gasteiger partial charge >= 0.3 is 6.09 Å². The first-order valence-electron chi connectivity index (χ1n) is 6.08. The van der Waals surface area contributed by atoms with E-state index in [4.69, 9.17) is 9.47 Å². The lowest BCUT2D eigenvalue weighted by atomic mass is 10.2. The molecule has 0 unspecified atom stereocenters. The summed E-state index contributed by atoms with van der Waals surface area (Å²) < 4.78 is 23.1. The molecule has 5 nitrogen and oxygen atoms in total. The van der Waals surface area contributed by atoms with Crippen molar-refractivity contribution in [1.82, 2.24) is 4.90 Å². The van der Waals surface area contributed by atoms with E-state index in [1.165, 1.54) is 19.2 Å². The summed E-state index contributed by atoms with van der Waals surface area (Å²) in [4.78, 5) is 14.9. The molecule has 1 aromatic carbocycles. The van der Waals surface area contributed by atoms with E-state index in [0.29, 0.717) is 32.0 Å². The minimum atomic E-state index is -0.336. The molecule has 0 radical (unpaired) electrons. The molecule has 6 heteroatoms. The van der Waals surface area contributed by atoms with Crippen LogP contribution in [0.15, 0.2) is 18.2 Å². The average molecular weight is 268 g/mol. The van der Waals surface area contributed by atoms with Gasteiger partial charge in [-0.3, -0.25) is 0 Å². The number of hydrogen-bond donors (Lipinski definition) is 0. The highest BCUT2D eigenvalue weighted by Gasteiger charge is 2.22. The molecule has 0 saturated carbocycles. The number of likely N-dealkylation sites (N-methyl/N-ethyl adjacent to an activating group) is 1. The maximum Gasteiger partial charge on any atom is 0.409 e. The number of amides is 1. The summed E-state index contributed by atoms with van der Waals surface area (Å²) >= 11 is 0. The number of carbonyl (C=O) groups is 1. The predicted molar refractivity (Wildman–Crippen MR) is 69.1 cm³/mol. The molecule has 1 aliphatic rings. The van der Waals surface area contributed by atoms with Crippen molar-refractivity contribution in [3.63, 3.8) is 0 Å². The fourth-order valence-corrected chi connectivity index (χ4v) is 1.99. The van der Waals surface area contributed by atoms with Crippen molar-refractivity contribution < 1.29 is 18.7 Å². The SMILES string of the molecule is COc1cc(F)ccc1N(C)CCN1CCOC1=O. The highest BCUT2D eigenvalue weighted by molar-refractivity contribution is 5.69. The summed E-state index contributed by atoms with van der Waals surface area (Å²) in [6.45, 7) is 2.25. The van der Waals surface area contributed by atoms with Crippen molar-refractivity contribution >= 4 is 11.8 Å². The second kappa shape index (κ2) is 5.77. The summed E-state index contributed by atoms with van der Waals surface area (Å²) in [5.74, 6) is 0.142. The zero-order valence-corrected chi connectivity index (χ0v) is 11.1. The lowest BCUT2D eigenvalue weighted by Crippen LogP contribution is -2.33. The molecule has 1 heterocycles. The minimum absolute atomic E-state index is 0.278. The molecular formula is C13H17FN2O3. The Morgan fingerprint density at radius 2 is 2.32 bits per heavy atom. The van der Waals surface area contributed by atoms with Crippen LogP contribution >= 0.6 is 0 Å². The fourth-order valence-electron chi connectivity index (χ4n) is 1.99. The normalized spacial score (nSPS) is 14.5. The van der Waals surface area contributed by atoms with Gasteiger partial charge in [0.25, 0.3) is 0 Å². The molecule has 1 aliphatic heterocycles. The predicted octanol–water partition coefficient (Wildman–Crippen LogP) is 1.72. The Bertz CT molecular complexity index is 467. The molecule has 0 aromatic heterocycles. The van der Waals surface area contributed by atoms with Crippen LogP contribution in [-0.2, 0) is 4.74 Å². The number of methoxy groups -OCH3 is 1. The van der Waals surface area contributed by atoms with Gasteiger partial charge in [-0.05, 0) is 12.1 Å². The number of hydrogen-bond acceptors (Lipinski definition) is 4. The number of anilines is 1. The van der Waals surface area contributed by atoms with Crippen LogP contribution in [-0.4, -0.2) is 51.4 Å². The van der Waals surface area contributed by atoms with Gasteiger partial charge in [0.1, 0.15) is 18.2 Å². The van der Waals surface area contributed by atoms with Gasteiger partial charge in [-0.1, -0.05) is 0 Å². The zero-order valence-electron chi connectivity index (χ0n) is 11.1. The maximum absolute atomic E-state index is 13.1. The van der Waals surface area contributed by atoms with E-state index in [1.54, 1.807) is 11.0 Å². The average Bonchev–Trinajstić information content (AvgIpc) is 2.81. The Labute approximate surface area is 111 Å². The van der Waals surface area contributed by atoms with Gasteiger partial charge < -0.3 is 19.3 Å². The summed E-state index contributed by atoms with van der Waals surface area (Å²) in [5, 5.41) is 0. The highest BCUT2D eigenvalue weighted by Crippen LogP contribution is 2.27. The molecule has 1 saturated heterocycles. The minimum Gasteiger partial charge on any atom is -0.494 e. The smallest absolute Gasteiger partial charge is 0.409 e. The maximum atomic E-state index is 13.1.